The lowest BCUT2D eigenvalue weighted by atomic mass is 9.94. The summed E-state index contributed by atoms with van der Waals surface area (Å²) in [6.07, 6.45) is 0. The number of aryl methyl sites for hydroxylation is 1. The monoisotopic (exact) mass is 491 g/mol. The topological polar surface area (TPSA) is 76.1 Å². The summed E-state index contributed by atoms with van der Waals surface area (Å²) in [5.74, 6) is -1.00. The highest BCUT2D eigenvalue weighted by Crippen LogP contribution is 2.40. The molecule has 35 heavy (non-hydrogen) atoms. The third-order valence-electron chi connectivity index (χ3n) is 5.96. The van der Waals surface area contributed by atoms with Crippen molar-refractivity contribution >= 4 is 29.1 Å². The Balaban J connectivity index is 1.70. The van der Waals surface area contributed by atoms with Gasteiger partial charge in [-0.25, -0.2) is 0 Å². The van der Waals surface area contributed by atoms with Crippen molar-refractivity contribution in [3.05, 3.63) is 106 Å². The van der Waals surface area contributed by atoms with E-state index in [0.717, 1.165) is 5.56 Å². The van der Waals surface area contributed by atoms with Gasteiger partial charge in [0.2, 0.25) is 0 Å². The van der Waals surface area contributed by atoms with Gasteiger partial charge in [0.15, 0.2) is 0 Å². The van der Waals surface area contributed by atoms with Gasteiger partial charge in [-0.05, 0) is 53.9 Å². The van der Waals surface area contributed by atoms with E-state index in [-0.39, 0.29) is 24.5 Å². The molecule has 0 spiro atoms. The maximum atomic E-state index is 13.1. The number of halogens is 1. The van der Waals surface area contributed by atoms with Crippen LogP contribution in [-0.4, -0.2) is 42.0 Å². The number of likely N-dealkylation sites (tertiary alicyclic amines) is 1. The lowest BCUT2D eigenvalue weighted by molar-refractivity contribution is -0.140. The fourth-order valence-electron chi connectivity index (χ4n) is 4.17. The third kappa shape index (κ3) is 5.24. The minimum atomic E-state index is -0.754. The Labute approximate surface area is 209 Å². The zero-order valence-electron chi connectivity index (χ0n) is 19.5. The highest BCUT2D eigenvalue weighted by atomic mass is 35.5. The number of ether oxygens (including phenoxy) is 2. The van der Waals surface area contributed by atoms with Gasteiger partial charge in [0.05, 0.1) is 18.2 Å². The summed E-state index contributed by atoms with van der Waals surface area (Å²) in [7, 11) is 1.53. The number of methoxy groups -OCH3 is 1. The second-order valence-corrected chi connectivity index (χ2v) is 8.72. The molecule has 1 atom stereocenters. The molecule has 4 rings (SSSR count). The molecular formula is C28H26ClNO5. The summed E-state index contributed by atoms with van der Waals surface area (Å²) in [6, 6.07) is 21.2. The van der Waals surface area contributed by atoms with E-state index in [1.807, 2.05) is 37.3 Å². The van der Waals surface area contributed by atoms with Crippen LogP contribution in [0.2, 0.25) is 5.02 Å². The minimum Gasteiger partial charge on any atom is -0.507 e. The quantitative estimate of drug-likeness (QED) is 0.263. The molecule has 1 amide bonds. The van der Waals surface area contributed by atoms with E-state index in [1.54, 1.807) is 42.5 Å². The van der Waals surface area contributed by atoms with Gasteiger partial charge in [-0.1, -0.05) is 54.1 Å². The fourth-order valence-corrected chi connectivity index (χ4v) is 4.30. The lowest BCUT2D eigenvalue weighted by Crippen LogP contribution is -2.32. The van der Waals surface area contributed by atoms with Crippen molar-refractivity contribution in [3.63, 3.8) is 0 Å². The van der Waals surface area contributed by atoms with E-state index in [0.29, 0.717) is 34.1 Å². The van der Waals surface area contributed by atoms with Crippen LogP contribution in [0.3, 0.4) is 0 Å². The number of nitrogens with zero attached hydrogens (tertiary/aromatic N) is 1. The van der Waals surface area contributed by atoms with Crippen LogP contribution in [0.25, 0.3) is 5.76 Å². The number of benzene rings is 3. The maximum Gasteiger partial charge on any atom is 0.295 e. The number of carbonyl (C=O) groups excluding carboxylic acids is 2. The molecule has 0 bridgehead atoms. The molecule has 1 heterocycles. The number of Topliss-reactive ketones (excluding diaryl/α,β-unsaturated/α-hetero) is 1. The van der Waals surface area contributed by atoms with Crippen LogP contribution in [0.1, 0.15) is 28.3 Å². The van der Waals surface area contributed by atoms with Gasteiger partial charge in [0.1, 0.15) is 18.1 Å². The van der Waals surface area contributed by atoms with E-state index in [4.69, 9.17) is 21.1 Å². The van der Waals surface area contributed by atoms with Crippen molar-refractivity contribution in [2.45, 2.75) is 19.6 Å². The maximum absolute atomic E-state index is 13.1. The summed E-state index contributed by atoms with van der Waals surface area (Å²) in [5, 5.41) is 11.8. The number of aliphatic hydroxyl groups excluding tert-OH is 1. The summed E-state index contributed by atoms with van der Waals surface area (Å²) in [5.41, 5.74) is 2.92. The average Bonchev–Trinajstić information content (AvgIpc) is 3.12. The van der Waals surface area contributed by atoms with Crippen LogP contribution in [0.4, 0.5) is 0 Å². The number of hydrogen-bond acceptors (Lipinski definition) is 5. The molecule has 0 radical (unpaired) electrons. The predicted octanol–water partition coefficient (Wildman–Crippen LogP) is 5.30. The molecule has 1 aliphatic rings. The molecular weight excluding hydrogens is 466 g/mol. The van der Waals surface area contributed by atoms with Crippen molar-refractivity contribution < 1.29 is 24.2 Å². The first kappa shape index (κ1) is 24.5. The molecule has 0 saturated carbocycles. The molecule has 0 aliphatic carbocycles. The van der Waals surface area contributed by atoms with Crippen molar-refractivity contribution in [1.82, 2.24) is 4.90 Å². The summed E-state index contributed by atoms with van der Waals surface area (Å²) < 4.78 is 11.0. The van der Waals surface area contributed by atoms with E-state index in [2.05, 4.69) is 0 Å². The summed E-state index contributed by atoms with van der Waals surface area (Å²) in [6.45, 7) is 2.69. The van der Waals surface area contributed by atoms with Crippen LogP contribution in [0.5, 0.6) is 5.75 Å². The first-order valence-electron chi connectivity index (χ1n) is 11.2. The van der Waals surface area contributed by atoms with Gasteiger partial charge in [-0.2, -0.15) is 0 Å². The molecule has 0 unspecified atom stereocenters. The van der Waals surface area contributed by atoms with Crippen LogP contribution in [0, 0.1) is 6.92 Å². The molecule has 1 fully saturated rings. The molecule has 180 valence electrons. The molecule has 7 heteroatoms. The van der Waals surface area contributed by atoms with Gasteiger partial charge in [-0.3, -0.25) is 9.59 Å². The van der Waals surface area contributed by atoms with Crippen molar-refractivity contribution in [3.8, 4) is 5.75 Å². The Morgan fingerprint density at radius 3 is 2.40 bits per heavy atom. The largest absolute Gasteiger partial charge is 0.507 e. The Kier molecular flexibility index (Phi) is 7.54. The molecule has 6 nitrogen and oxygen atoms in total. The number of amides is 1. The highest BCUT2D eigenvalue weighted by Gasteiger charge is 2.46. The average molecular weight is 492 g/mol. The van der Waals surface area contributed by atoms with Crippen molar-refractivity contribution in [2.75, 3.05) is 20.3 Å². The fraction of sp³-hybridized carbons (Fsp3) is 0.214. The van der Waals surface area contributed by atoms with Crippen LogP contribution < -0.4 is 4.74 Å². The number of ketones is 1. The van der Waals surface area contributed by atoms with E-state index in [9.17, 15) is 14.7 Å². The number of aliphatic hydroxyl groups is 1. The highest BCUT2D eigenvalue weighted by molar-refractivity contribution is 6.46. The molecule has 0 aromatic heterocycles. The van der Waals surface area contributed by atoms with Crippen molar-refractivity contribution in [2.24, 2.45) is 0 Å². The van der Waals surface area contributed by atoms with E-state index >= 15 is 0 Å². The molecule has 3 aromatic rings. The standard InChI is InChI=1S/C28H26ClNO5/c1-18-16-22(35-17-19-6-4-3-5-7-19)12-13-23(18)26(31)24-25(20-8-10-21(29)11-9-20)30(14-15-34-2)28(33)27(24)32/h3-13,16,25,31H,14-15,17H2,1-2H3/b26-24+/t25-/m1/s1. The van der Waals surface area contributed by atoms with Gasteiger partial charge in [-0.15, -0.1) is 0 Å². The van der Waals surface area contributed by atoms with Gasteiger partial charge >= 0.3 is 0 Å². The number of carbonyl (C=O) groups is 2. The lowest BCUT2D eigenvalue weighted by Gasteiger charge is -2.25. The molecule has 1 aliphatic heterocycles. The van der Waals surface area contributed by atoms with Gasteiger partial charge < -0.3 is 19.5 Å². The van der Waals surface area contributed by atoms with E-state index < -0.39 is 17.7 Å². The Hall–Kier alpha value is -3.61. The first-order valence-corrected chi connectivity index (χ1v) is 11.6. The molecule has 3 aromatic carbocycles. The SMILES string of the molecule is COCCN1C(=O)C(=O)/C(=C(/O)c2ccc(OCc3ccccc3)cc2C)[C@H]1c1ccc(Cl)cc1. The van der Waals surface area contributed by atoms with Gasteiger partial charge in [0, 0.05) is 24.2 Å². The second-order valence-electron chi connectivity index (χ2n) is 8.29. The zero-order chi connectivity index (χ0) is 24.9. The van der Waals surface area contributed by atoms with E-state index in [1.165, 1.54) is 12.0 Å². The van der Waals surface area contributed by atoms with Crippen LogP contribution in [0.15, 0.2) is 78.4 Å². The predicted molar refractivity (Wildman–Crippen MR) is 134 cm³/mol. The molecule has 1 saturated heterocycles. The van der Waals surface area contributed by atoms with Crippen LogP contribution >= 0.6 is 11.6 Å². The normalized spacial score (nSPS) is 17.1. The summed E-state index contributed by atoms with van der Waals surface area (Å²) >= 11 is 6.05. The Morgan fingerprint density at radius 2 is 1.74 bits per heavy atom. The zero-order valence-corrected chi connectivity index (χ0v) is 20.3. The third-order valence-corrected chi connectivity index (χ3v) is 6.22. The Bertz CT molecular complexity index is 1250. The smallest absolute Gasteiger partial charge is 0.295 e. The first-order chi connectivity index (χ1) is 16.9. The number of hydrogen-bond donors (Lipinski definition) is 1. The summed E-state index contributed by atoms with van der Waals surface area (Å²) in [4.78, 5) is 27.4. The van der Waals surface area contributed by atoms with Crippen LogP contribution in [-0.2, 0) is 20.9 Å². The minimum absolute atomic E-state index is 0.0366. The van der Waals surface area contributed by atoms with Crippen molar-refractivity contribution in [1.29, 1.82) is 0 Å². The van der Waals surface area contributed by atoms with Gasteiger partial charge in [0.25, 0.3) is 11.7 Å². The Morgan fingerprint density at radius 1 is 1.03 bits per heavy atom. The second kappa shape index (κ2) is 10.8. The number of rotatable bonds is 8. The molecule has 1 N–H and O–H groups in total.